The number of amides is 4. The summed E-state index contributed by atoms with van der Waals surface area (Å²) in [6, 6.07) is 18.1. The van der Waals surface area contributed by atoms with E-state index >= 15 is 0 Å². The van der Waals surface area contributed by atoms with Gasteiger partial charge in [0.25, 0.3) is 0 Å². The van der Waals surface area contributed by atoms with Crippen LogP contribution < -0.4 is 16.0 Å². The number of nitrogens with one attached hydrogen (secondary N) is 3. The van der Waals surface area contributed by atoms with Crippen molar-refractivity contribution >= 4 is 35.7 Å². The molecule has 1 aliphatic rings. The first-order valence-electron chi connectivity index (χ1n) is 22.1. The monoisotopic (exact) mass is 904 g/mol. The molecule has 4 N–H and O–H groups in total. The van der Waals surface area contributed by atoms with Crippen molar-refractivity contribution in [1.29, 1.82) is 0 Å². The van der Waals surface area contributed by atoms with E-state index in [4.69, 9.17) is 19.4 Å². The van der Waals surface area contributed by atoms with Crippen LogP contribution in [0.1, 0.15) is 85.3 Å². The number of carboxylic acid groups (broad SMARTS) is 1. The predicted octanol–water partition coefficient (Wildman–Crippen LogP) is 6.37. The van der Waals surface area contributed by atoms with Crippen LogP contribution in [0.25, 0.3) is 6.08 Å². The Morgan fingerprint density at radius 3 is 1.95 bits per heavy atom. The van der Waals surface area contributed by atoms with Crippen molar-refractivity contribution in [3.8, 4) is 0 Å². The molecule has 0 aliphatic carbocycles. The molecule has 1 aliphatic heterocycles. The second kappa shape index (κ2) is 27.0. The van der Waals surface area contributed by atoms with Crippen LogP contribution in [0.3, 0.4) is 0 Å². The maximum absolute atomic E-state index is 14.4. The zero-order valence-electron chi connectivity index (χ0n) is 39.4. The van der Waals surface area contributed by atoms with Gasteiger partial charge in [0, 0.05) is 26.8 Å². The Labute approximate surface area is 377 Å². The first-order valence-corrected chi connectivity index (χ1v) is 22.1. The van der Waals surface area contributed by atoms with Gasteiger partial charge in [0.15, 0.2) is 0 Å². The van der Waals surface area contributed by atoms with Crippen LogP contribution in [0.5, 0.6) is 0 Å². The summed E-state index contributed by atoms with van der Waals surface area (Å²) >= 11 is 0. The number of rotatable bonds is 22. The fourth-order valence-corrected chi connectivity index (χ4v) is 8.52. The van der Waals surface area contributed by atoms with E-state index in [1.54, 1.807) is 21.3 Å². The van der Waals surface area contributed by atoms with Crippen LogP contribution in [0.2, 0.25) is 0 Å². The van der Waals surface area contributed by atoms with Gasteiger partial charge in [-0.05, 0) is 62.2 Å². The van der Waals surface area contributed by atoms with E-state index in [1.807, 2.05) is 112 Å². The Morgan fingerprint density at radius 1 is 0.891 bits per heavy atom. The predicted molar refractivity (Wildman–Crippen MR) is 242 cm³/mol. The summed E-state index contributed by atoms with van der Waals surface area (Å²) < 4.78 is 43.9. The van der Waals surface area contributed by atoms with Crippen molar-refractivity contribution in [3.05, 3.63) is 77.9 Å². The maximum atomic E-state index is 14.4. The highest BCUT2D eigenvalue weighted by Crippen LogP contribution is 2.30. The van der Waals surface area contributed by atoms with Gasteiger partial charge < -0.3 is 30.1 Å². The molecule has 0 saturated carbocycles. The second-order valence-electron chi connectivity index (χ2n) is 17.2. The summed E-state index contributed by atoms with van der Waals surface area (Å²) in [7, 11) is 6.82. The molecule has 16 heteroatoms. The van der Waals surface area contributed by atoms with E-state index in [0.717, 1.165) is 24.0 Å². The first-order chi connectivity index (χ1) is 30.1. The number of likely N-dealkylation sites (tertiary alicyclic amines) is 1. The molecule has 4 amide bonds. The maximum Gasteiger partial charge on any atom is 0.490 e. The second-order valence-corrected chi connectivity index (χ2v) is 17.2. The van der Waals surface area contributed by atoms with E-state index in [1.165, 1.54) is 0 Å². The molecule has 3 rings (SSSR count). The molecule has 1 heterocycles. The number of hydrogen-bond donors (Lipinski definition) is 4. The first kappa shape index (κ1) is 55.5. The minimum atomic E-state index is -5.08. The number of alkyl halides is 3. The molecule has 13 nitrogen and oxygen atoms in total. The zero-order chi connectivity index (χ0) is 48.3. The smallest absolute Gasteiger partial charge is 0.475 e. The van der Waals surface area contributed by atoms with Gasteiger partial charge in [0.1, 0.15) is 0 Å². The van der Waals surface area contributed by atoms with Crippen molar-refractivity contribution in [2.75, 3.05) is 34.9 Å². The molecule has 0 spiro atoms. The highest BCUT2D eigenvalue weighted by molar-refractivity contribution is 6.00. The number of nitrogens with zero attached hydrogens (tertiary/aromatic N) is 2. The molecule has 0 aromatic heterocycles. The lowest BCUT2D eigenvalue weighted by Crippen LogP contribution is -2.60. The van der Waals surface area contributed by atoms with E-state index in [2.05, 4.69) is 41.9 Å². The van der Waals surface area contributed by atoms with E-state index < -0.39 is 42.4 Å². The summed E-state index contributed by atoms with van der Waals surface area (Å²) in [4.78, 5) is 68.0. The van der Waals surface area contributed by atoms with Crippen LogP contribution in [0.4, 0.5) is 13.2 Å². The number of imide groups is 1. The number of benzene rings is 2. The molecule has 0 bridgehead atoms. The van der Waals surface area contributed by atoms with Crippen molar-refractivity contribution < 1.29 is 51.7 Å². The number of halogens is 3. The number of carbonyl (C=O) groups is 5. The van der Waals surface area contributed by atoms with Crippen molar-refractivity contribution in [3.63, 3.8) is 0 Å². The highest BCUT2D eigenvalue weighted by atomic mass is 19.4. The topological polar surface area (TPSA) is 167 Å². The quantitative estimate of drug-likeness (QED) is 0.104. The van der Waals surface area contributed by atoms with Gasteiger partial charge in [-0.2, -0.15) is 13.2 Å². The van der Waals surface area contributed by atoms with Crippen LogP contribution in [-0.2, 0) is 39.9 Å². The molecule has 2 aromatic carbocycles. The number of aliphatic carboxylic acids is 1. The molecule has 0 unspecified atom stereocenters. The zero-order valence-corrected chi connectivity index (χ0v) is 39.4. The highest BCUT2D eigenvalue weighted by Gasteiger charge is 2.44. The van der Waals surface area contributed by atoms with Crippen LogP contribution in [0.15, 0.2) is 66.7 Å². The minimum Gasteiger partial charge on any atom is -0.475 e. The SMILES string of the molecule is CC[C@H](C)[C@@H]([C@@H](CC(=O)N1CCC[C@H]1[C@H](OC)[C@@H](C)C(=O)N[C@H](/C=C\c1ccccc1)Cc1ccccc1)OC)N(C)[C@H](C(=O)NC(=O)[C@@H](NC)C(C)C)C(C)C.O=C(O)C(F)(F)F. The number of likely N-dealkylation sites (N-methyl/N-ethyl adjacent to an activating group) is 2. The molecule has 358 valence electrons. The average Bonchev–Trinajstić information content (AvgIpc) is 3.73. The van der Waals surface area contributed by atoms with Crippen LogP contribution in [-0.4, -0.2) is 128 Å². The van der Waals surface area contributed by atoms with Gasteiger partial charge in [-0.1, -0.05) is 128 Å². The van der Waals surface area contributed by atoms with Gasteiger partial charge >= 0.3 is 12.1 Å². The Kier molecular flexibility index (Phi) is 23.4. The lowest BCUT2D eigenvalue weighted by Gasteiger charge is -2.43. The van der Waals surface area contributed by atoms with Crippen molar-refractivity contribution in [1.82, 2.24) is 25.8 Å². The van der Waals surface area contributed by atoms with Gasteiger partial charge in [-0.15, -0.1) is 0 Å². The third kappa shape index (κ3) is 16.7. The molecular formula is C48H72F3N5O8. The third-order valence-electron chi connectivity index (χ3n) is 12.0. The molecule has 64 heavy (non-hydrogen) atoms. The summed E-state index contributed by atoms with van der Waals surface area (Å²) in [5.74, 6) is -4.32. The summed E-state index contributed by atoms with van der Waals surface area (Å²) in [6.07, 6.45) is 0.925. The van der Waals surface area contributed by atoms with Crippen molar-refractivity contribution in [2.45, 2.75) is 129 Å². The fraction of sp³-hybridized carbons (Fsp3) is 0.604. The normalized spacial score (nSPS) is 18.1. The van der Waals surface area contributed by atoms with E-state index in [9.17, 15) is 32.3 Å². The van der Waals surface area contributed by atoms with Gasteiger partial charge in [0.2, 0.25) is 23.6 Å². The lowest BCUT2D eigenvalue weighted by atomic mass is 9.87. The average molecular weight is 904 g/mol. The van der Waals surface area contributed by atoms with Gasteiger partial charge in [-0.3, -0.25) is 29.4 Å². The number of hydrogen-bond acceptors (Lipinski definition) is 9. The molecule has 2 aromatic rings. The van der Waals surface area contributed by atoms with Crippen LogP contribution in [0, 0.1) is 23.7 Å². The Balaban J connectivity index is 0.00000185. The standard InChI is InChI=1S/C46H71N5O6.C2HF3O2/c1-12-32(6)42(50(9)41(31(4)5)46(55)49-45(54)40(47-8)30(2)3)38(56-10)29-39(52)51-27-19-24-37(51)43(57-11)33(7)44(53)48-36(28-35-22-17-14-18-23-35)26-25-34-20-15-13-16-21-34;3-2(4,5)1(6)7/h13-18,20-23,25-26,30-33,36-38,40-43,47H,12,19,24,27-29H2,1-11H3,(H,48,53)(H,49,54,55);(H,6,7)/b26-25-;/t32-,33+,36+,37-,38+,40-,41-,42-,43+;/m0./s1. The largest absolute Gasteiger partial charge is 0.490 e. The summed E-state index contributed by atoms with van der Waals surface area (Å²) in [5, 5.41) is 16.1. The number of methoxy groups -OCH3 is 2. The summed E-state index contributed by atoms with van der Waals surface area (Å²) in [6.45, 7) is 14.4. The lowest BCUT2D eigenvalue weighted by molar-refractivity contribution is -0.192. The Bertz CT molecular complexity index is 1780. The van der Waals surface area contributed by atoms with Gasteiger partial charge in [0.05, 0.1) is 48.7 Å². The van der Waals surface area contributed by atoms with Gasteiger partial charge in [-0.25, -0.2) is 4.79 Å². The third-order valence-corrected chi connectivity index (χ3v) is 12.0. The molecular weight excluding hydrogens is 832 g/mol. The van der Waals surface area contributed by atoms with E-state index in [0.29, 0.717) is 19.4 Å². The number of carboxylic acids is 1. The van der Waals surface area contributed by atoms with E-state index in [-0.39, 0.29) is 65.9 Å². The minimum absolute atomic E-state index is 0.00194. The molecule has 1 fully saturated rings. The molecule has 9 atom stereocenters. The molecule has 0 radical (unpaired) electrons. The fourth-order valence-electron chi connectivity index (χ4n) is 8.52. The molecule has 1 saturated heterocycles. The Morgan fingerprint density at radius 2 is 1.47 bits per heavy atom. The summed E-state index contributed by atoms with van der Waals surface area (Å²) in [5.41, 5.74) is 2.16. The number of ether oxygens (including phenoxy) is 2. The van der Waals surface area contributed by atoms with Crippen LogP contribution >= 0.6 is 0 Å². The van der Waals surface area contributed by atoms with Crippen molar-refractivity contribution in [2.24, 2.45) is 23.7 Å². The Hall–Kier alpha value is -4.64. The number of carbonyl (C=O) groups excluding carboxylic acids is 4.